The van der Waals surface area contributed by atoms with Gasteiger partial charge in [0.25, 0.3) is 0 Å². The molecule has 4 heteroatoms. The number of rotatable bonds is 2. The standard InChI is InChI=1S/C18H30N2O2/c1-12-10-11-20(16-5-3-2-4-15(12)16)18(22)14-8-6-13(7-9-14)17(19)21/h12-16H,2-11H2,1H3,(H2,19,21)/t12-,13?,14?,15-,16-/m1/s1. The van der Waals surface area contributed by atoms with Gasteiger partial charge < -0.3 is 10.6 Å². The summed E-state index contributed by atoms with van der Waals surface area (Å²) in [6.07, 6.45) is 9.52. The minimum absolute atomic E-state index is 0.00661. The predicted molar refractivity (Wildman–Crippen MR) is 85.9 cm³/mol. The first-order valence-electron chi connectivity index (χ1n) is 9.17. The maximum atomic E-state index is 13.0. The molecular weight excluding hydrogens is 276 g/mol. The van der Waals surface area contributed by atoms with E-state index in [9.17, 15) is 9.59 Å². The van der Waals surface area contributed by atoms with Crippen molar-refractivity contribution in [1.29, 1.82) is 0 Å². The van der Waals surface area contributed by atoms with Crippen LogP contribution in [0.3, 0.4) is 0 Å². The Morgan fingerprint density at radius 2 is 1.55 bits per heavy atom. The average Bonchev–Trinajstić information content (AvgIpc) is 2.55. The molecule has 4 nitrogen and oxygen atoms in total. The van der Waals surface area contributed by atoms with Crippen LogP contribution in [0.2, 0.25) is 0 Å². The second-order valence-corrected chi connectivity index (χ2v) is 7.76. The van der Waals surface area contributed by atoms with Crippen LogP contribution in [-0.2, 0) is 9.59 Å². The Morgan fingerprint density at radius 3 is 2.23 bits per heavy atom. The topological polar surface area (TPSA) is 63.4 Å². The van der Waals surface area contributed by atoms with Crippen molar-refractivity contribution in [3.63, 3.8) is 0 Å². The van der Waals surface area contributed by atoms with Gasteiger partial charge >= 0.3 is 0 Å². The van der Waals surface area contributed by atoms with Crippen molar-refractivity contribution in [2.24, 2.45) is 29.4 Å². The van der Waals surface area contributed by atoms with E-state index in [4.69, 9.17) is 5.73 Å². The average molecular weight is 306 g/mol. The quantitative estimate of drug-likeness (QED) is 0.852. The van der Waals surface area contributed by atoms with E-state index >= 15 is 0 Å². The fourth-order valence-electron chi connectivity index (χ4n) is 5.05. The molecule has 3 atom stereocenters. The van der Waals surface area contributed by atoms with Crippen molar-refractivity contribution in [3.8, 4) is 0 Å². The highest BCUT2D eigenvalue weighted by Crippen LogP contribution is 2.40. The van der Waals surface area contributed by atoms with Gasteiger partial charge in [0.15, 0.2) is 0 Å². The molecule has 1 saturated heterocycles. The van der Waals surface area contributed by atoms with Gasteiger partial charge in [-0.15, -0.1) is 0 Å². The first kappa shape index (κ1) is 15.8. The predicted octanol–water partition coefficient (Wildman–Crippen LogP) is 2.71. The van der Waals surface area contributed by atoms with Crippen molar-refractivity contribution in [1.82, 2.24) is 4.90 Å². The summed E-state index contributed by atoms with van der Waals surface area (Å²) >= 11 is 0. The van der Waals surface area contributed by atoms with E-state index in [0.29, 0.717) is 17.9 Å². The molecule has 2 N–H and O–H groups in total. The molecule has 0 aromatic rings. The smallest absolute Gasteiger partial charge is 0.225 e. The summed E-state index contributed by atoms with van der Waals surface area (Å²) in [4.78, 5) is 26.5. The maximum absolute atomic E-state index is 13.0. The number of likely N-dealkylation sites (tertiary alicyclic amines) is 1. The molecule has 3 rings (SSSR count). The first-order valence-corrected chi connectivity index (χ1v) is 9.17. The van der Waals surface area contributed by atoms with Crippen LogP contribution in [0.15, 0.2) is 0 Å². The summed E-state index contributed by atoms with van der Waals surface area (Å²) in [5, 5.41) is 0. The van der Waals surface area contributed by atoms with Crippen LogP contribution in [-0.4, -0.2) is 29.3 Å². The normalized spacial score (nSPS) is 39.1. The van der Waals surface area contributed by atoms with Gasteiger partial charge in [0.05, 0.1) is 0 Å². The van der Waals surface area contributed by atoms with Crippen molar-refractivity contribution >= 4 is 11.8 Å². The second-order valence-electron chi connectivity index (χ2n) is 7.76. The number of amides is 2. The zero-order valence-corrected chi connectivity index (χ0v) is 13.8. The molecular formula is C18H30N2O2. The minimum Gasteiger partial charge on any atom is -0.369 e. The Morgan fingerprint density at radius 1 is 0.909 bits per heavy atom. The number of nitrogens with two attached hydrogens (primary N) is 1. The number of nitrogens with zero attached hydrogens (tertiary/aromatic N) is 1. The number of hydrogen-bond donors (Lipinski definition) is 1. The Balaban J connectivity index is 1.63. The molecule has 22 heavy (non-hydrogen) atoms. The highest BCUT2D eigenvalue weighted by Gasteiger charge is 2.41. The minimum atomic E-state index is -0.190. The Hall–Kier alpha value is -1.06. The SMILES string of the molecule is C[C@@H]1CCN(C(=O)C2CCC(C(N)=O)CC2)[C@@H]2CCCC[C@H]12. The summed E-state index contributed by atoms with van der Waals surface area (Å²) in [5.41, 5.74) is 5.40. The summed E-state index contributed by atoms with van der Waals surface area (Å²) in [5.74, 6) is 1.78. The van der Waals surface area contributed by atoms with Crippen LogP contribution in [0.5, 0.6) is 0 Å². The third kappa shape index (κ3) is 3.02. The second kappa shape index (κ2) is 6.59. The van der Waals surface area contributed by atoms with Crippen LogP contribution in [0.4, 0.5) is 0 Å². The van der Waals surface area contributed by atoms with E-state index in [2.05, 4.69) is 11.8 Å². The maximum Gasteiger partial charge on any atom is 0.225 e. The summed E-state index contributed by atoms with van der Waals surface area (Å²) in [6.45, 7) is 3.31. The van der Waals surface area contributed by atoms with Crippen LogP contribution in [0.1, 0.15) is 64.7 Å². The number of carbonyl (C=O) groups is 2. The van der Waals surface area contributed by atoms with Gasteiger partial charge in [-0.1, -0.05) is 19.8 Å². The number of piperidine rings is 1. The third-order valence-corrected chi connectivity index (χ3v) is 6.50. The van der Waals surface area contributed by atoms with E-state index < -0.39 is 0 Å². The summed E-state index contributed by atoms with van der Waals surface area (Å²) in [6, 6.07) is 0.485. The lowest BCUT2D eigenvalue weighted by Crippen LogP contribution is -2.54. The molecule has 0 radical (unpaired) electrons. The van der Waals surface area contributed by atoms with E-state index in [1.54, 1.807) is 0 Å². The lowest BCUT2D eigenvalue weighted by molar-refractivity contribution is -0.145. The fourth-order valence-corrected chi connectivity index (χ4v) is 5.05. The lowest BCUT2D eigenvalue weighted by atomic mass is 9.72. The molecule has 1 heterocycles. The molecule has 2 saturated carbocycles. The van der Waals surface area contributed by atoms with E-state index in [-0.39, 0.29) is 17.7 Å². The molecule has 0 unspecified atom stereocenters. The summed E-state index contributed by atoms with van der Waals surface area (Å²) in [7, 11) is 0. The molecule has 3 aliphatic rings. The van der Waals surface area contributed by atoms with E-state index in [0.717, 1.165) is 44.6 Å². The molecule has 124 valence electrons. The van der Waals surface area contributed by atoms with E-state index in [1.165, 1.54) is 25.7 Å². The molecule has 3 fully saturated rings. The van der Waals surface area contributed by atoms with Crippen molar-refractivity contribution in [2.75, 3.05) is 6.54 Å². The van der Waals surface area contributed by atoms with Crippen LogP contribution in [0, 0.1) is 23.7 Å². The van der Waals surface area contributed by atoms with Gasteiger partial charge in [0.1, 0.15) is 0 Å². The first-order chi connectivity index (χ1) is 10.6. The zero-order valence-electron chi connectivity index (χ0n) is 13.8. The number of fused-ring (bicyclic) bond motifs is 1. The van der Waals surface area contributed by atoms with Crippen molar-refractivity contribution < 1.29 is 9.59 Å². The van der Waals surface area contributed by atoms with E-state index in [1.807, 2.05) is 0 Å². The van der Waals surface area contributed by atoms with Crippen molar-refractivity contribution in [2.45, 2.75) is 70.8 Å². The zero-order chi connectivity index (χ0) is 15.7. The number of hydrogen-bond acceptors (Lipinski definition) is 2. The molecule has 0 spiro atoms. The highest BCUT2D eigenvalue weighted by atomic mass is 16.2. The Labute approximate surface area is 133 Å². The van der Waals surface area contributed by atoms with Crippen LogP contribution < -0.4 is 5.73 Å². The Bertz CT molecular complexity index is 429. The largest absolute Gasteiger partial charge is 0.369 e. The number of carbonyl (C=O) groups excluding carboxylic acids is 2. The number of primary amides is 1. The highest BCUT2D eigenvalue weighted by molar-refractivity contribution is 5.81. The molecule has 2 aliphatic carbocycles. The van der Waals surface area contributed by atoms with Gasteiger partial charge in [-0.2, -0.15) is 0 Å². The monoisotopic (exact) mass is 306 g/mol. The lowest BCUT2D eigenvalue weighted by Gasteiger charge is -2.48. The Kier molecular flexibility index (Phi) is 4.74. The molecule has 0 aromatic carbocycles. The molecule has 0 aromatic heterocycles. The van der Waals surface area contributed by atoms with Gasteiger partial charge in [-0.05, 0) is 56.8 Å². The van der Waals surface area contributed by atoms with Gasteiger partial charge in [-0.3, -0.25) is 9.59 Å². The molecule has 1 aliphatic heterocycles. The summed E-state index contributed by atoms with van der Waals surface area (Å²) < 4.78 is 0. The fraction of sp³-hybridized carbons (Fsp3) is 0.889. The van der Waals surface area contributed by atoms with Crippen LogP contribution in [0.25, 0.3) is 0 Å². The van der Waals surface area contributed by atoms with Gasteiger partial charge in [-0.25, -0.2) is 0 Å². The van der Waals surface area contributed by atoms with Crippen molar-refractivity contribution in [3.05, 3.63) is 0 Å². The molecule has 2 amide bonds. The molecule has 0 bridgehead atoms. The van der Waals surface area contributed by atoms with Gasteiger partial charge in [0, 0.05) is 24.4 Å². The van der Waals surface area contributed by atoms with Gasteiger partial charge in [0.2, 0.25) is 11.8 Å². The third-order valence-electron chi connectivity index (χ3n) is 6.50. The van der Waals surface area contributed by atoms with Crippen LogP contribution >= 0.6 is 0 Å².